The van der Waals surface area contributed by atoms with Gasteiger partial charge in [0.15, 0.2) is 0 Å². The zero-order valence-corrected chi connectivity index (χ0v) is 12.1. The molecule has 0 aromatic rings. The second-order valence-corrected chi connectivity index (χ2v) is 5.17. The van der Waals surface area contributed by atoms with Crippen molar-refractivity contribution in [3.8, 4) is 0 Å². The van der Waals surface area contributed by atoms with Crippen molar-refractivity contribution >= 4 is 0 Å². The van der Waals surface area contributed by atoms with Crippen LogP contribution in [-0.4, -0.2) is 37.6 Å². The third kappa shape index (κ3) is 8.12. The highest BCUT2D eigenvalue weighted by Crippen LogP contribution is 2.09. The van der Waals surface area contributed by atoms with Gasteiger partial charge in [-0.05, 0) is 24.9 Å². The maximum atomic E-state index is 3.52. The van der Waals surface area contributed by atoms with E-state index in [9.17, 15) is 0 Å². The fourth-order valence-electron chi connectivity index (χ4n) is 1.92. The predicted molar refractivity (Wildman–Crippen MR) is 73.9 cm³/mol. The summed E-state index contributed by atoms with van der Waals surface area (Å²) in [5, 5.41) is 3.52. The summed E-state index contributed by atoms with van der Waals surface area (Å²) >= 11 is 0. The fourth-order valence-corrected chi connectivity index (χ4v) is 1.92. The Labute approximate surface area is 103 Å². The lowest BCUT2D eigenvalue weighted by Crippen LogP contribution is -2.36. The van der Waals surface area contributed by atoms with E-state index in [1.54, 1.807) is 0 Å². The number of hydrogen-bond donors (Lipinski definition) is 1. The Morgan fingerprint density at radius 2 is 1.69 bits per heavy atom. The van der Waals surface area contributed by atoms with E-state index in [0.29, 0.717) is 0 Å². The first-order chi connectivity index (χ1) is 7.63. The highest BCUT2D eigenvalue weighted by atomic mass is 15.1. The molecule has 0 aromatic heterocycles. The lowest BCUT2D eigenvalue weighted by Gasteiger charge is -2.25. The summed E-state index contributed by atoms with van der Waals surface area (Å²) in [4.78, 5) is 2.57. The minimum Gasteiger partial charge on any atom is -0.315 e. The Balaban J connectivity index is 3.65. The van der Waals surface area contributed by atoms with Crippen molar-refractivity contribution in [1.82, 2.24) is 10.2 Å². The van der Waals surface area contributed by atoms with Gasteiger partial charge in [0.05, 0.1) is 0 Å². The molecule has 0 saturated carbocycles. The van der Waals surface area contributed by atoms with Crippen LogP contribution in [0.1, 0.15) is 47.5 Å². The van der Waals surface area contributed by atoms with Crippen molar-refractivity contribution in [2.75, 3.05) is 32.7 Å². The standard InChI is InChI=1S/C14H32N2/c1-6-14(7-2)12-16(8-3)10-9-15-11-13(4)5/h13-15H,6-12H2,1-5H3. The lowest BCUT2D eigenvalue weighted by atomic mass is 10.0. The molecule has 0 amide bonds. The van der Waals surface area contributed by atoms with Crippen LogP contribution in [-0.2, 0) is 0 Å². The Hall–Kier alpha value is -0.0800. The molecule has 0 aliphatic carbocycles. The molecule has 0 unspecified atom stereocenters. The van der Waals surface area contributed by atoms with E-state index in [4.69, 9.17) is 0 Å². The maximum absolute atomic E-state index is 3.52. The molecular weight excluding hydrogens is 196 g/mol. The molecular formula is C14H32N2. The molecule has 1 N–H and O–H groups in total. The SMILES string of the molecule is CCC(CC)CN(CC)CCNCC(C)C. The molecule has 0 saturated heterocycles. The van der Waals surface area contributed by atoms with Gasteiger partial charge in [0.2, 0.25) is 0 Å². The van der Waals surface area contributed by atoms with Crippen LogP contribution in [0.4, 0.5) is 0 Å². The number of nitrogens with one attached hydrogen (secondary N) is 1. The third-order valence-corrected chi connectivity index (χ3v) is 3.28. The van der Waals surface area contributed by atoms with E-state index in [-0.39, 0.29) is 0 Å². The average Bonchev–Trinajstić information content (AvgIpc) is 2.28. The Morgan fingerprint density at radius 1 is 1.06 bits per heavy atom. The summed E-state index contributed by atoms with van der Waals surface area (Å²) in [7, 11) is 0. The minimum absolute atomic E-state index is 0.758. The molecule has 0 bridgehead atoms. The second-order valence-electron chi connectivity index (χ2n) is 5.17. The van der Waals surface area contributed by atoms with E-state index >= 15 is 0 Å². The number of hydrogen-bond acceptors (Lipinski definition) is 2. The first-order valence-corrected chi connectivity index (χ1v) is 7.06. The van der Waals surface area contributed by atoms with E-state index < -0.39 is 0 Å². The average molecular weight is 228 g/mol. The Kier molecular flexibility index (Phi) is 10.0. The zero-order valence-electron chi connectivity index (χ0n) is 12.1. The molecule has 0 heterocycles. The summed E-state index contributed by atoms with van der Waals surface area (Å²) in [5.74, 6) is 1.64. The van der Waals surface area contributed by atoms with Crippen LogP contribution >= 0.6 is 0 Å². The van der Waals surface area contributed by atoms with Crippen LogP contribution in [0.2, 0.25) is 0 Å². The summed E-state index contributed by atoms with van der Waals surface area (Å²) in [6.45, 7) is 17.3. The minimum atomic E-state index is 0.758. The van der Waals surface area contributed by atoms with E-state index in [2.05, 4.69) is 44.8 Å². The van der Waals surface area contributed by atoms with Crippen molar-refractivity contribution in [1.29, 1.82) is 0 Å². The van der Waals surface area contributed by atoms with Crippen molar-refractivity contribution in [3.05, 3.63) is 0 Å². The van der Waals surface area contributed by atoms with Gasteiger partial charge in [-0.1, -0.05) is 47.5 Å². The molecule has 0 atom stereocenters. The van der Waals surface area contributed by atoms with Crippen LogP contribution in [0.25, 0.3) is 0 Å². The van der Waals surface area contributed by atoms with Crippen molar-refractivity contribution in [3.63, 3.8) is 0 Å². The van der Waals surface area contributed by atoms with Gasteiger partial charge in [-0.2, -0.15) is 0 Å². The maximum Gasteiger partial charge on any atom is 0.0107 e. The van der Waals surface area contributed by atoms with Gasteiger partial charge < -0.3 is 10.2 Å². The second kappa shape index (κ2) is 10.1. The van der Waals surface area contributed by atoms with Crippen molar-refractivity contribution < 1.29 is 0 Å². The number of nitrogens with zero attached hydrogens (tertiary/aromatic N) is 1. The highest BCUT2D eigenvalue weighted by Gasteiger charge is 2.09. The normalized spacial score (nSPS) is 12.0. The molecule has 0 fully saturated rings. The van der Waals surface area contributed by atoms with Crippen LogP contribution < -0.4 is 5.32 Å². The molecule has 2 nitrogen and oxygen atoms in total. The van der Waals surface area contributed by atoms with Crippen molar-refractivity contribution in [2.45, 2.75) is 47.5 Å². The summed E-state index contributed by atoms with van der Waals surface area (Å²) in [5.41, 5.74) is 0. The molecule has 0 aliphatic heterocycles. The van der Waals surface area contributed by atoms with E-state index in [0.717, 1.165) is 24.9 Å². The fraction of sp³-hybridized carbons (Fsp3) is 1.00. The predicted octanol–water partition coefficient (Wildman–Crippen LogP) is 2.99. The first-order valence-electron chi connectivity index (χ1n) is 7.06. The molecule has 0 rings (SSSR count). The molecule has 0 aliphatic rings. The van der Waals surface area contributed by atoms with Crippen LogP contribution in [0, 0.1) is 11.8 Å². The summed E-state index contributed by atoms with van der Waals surface area (Å²) in [6, 6.07) is 0. The quantitative estimate of drug-likeness (QED) is 0.578. The Bertz CT molecular complexity index is 142. The van der Waals surface area contributed by atoms with Crippen LogP contribution in [0.3, 0.4) is 0 Å². The third-order valence-electron chi connectivity index (χ3n) is 3.28. The van der Waals surface area contributed by atoms with Gasteiger partial charge in [-0.3, -0.25) is 0 Å². The lowest BCUT2D eigenvalue weighted by molar-refractivity contribution is 0.233. The highest BCUT2D eigenvalue weighted by molar-refractivity contribution is 4.64. The van der Waals surface area contributed by atoms with E-state index in [1.165, 1.54) is 32.5 Å². The Morgan fingerprint density at radius 3 is 2.12 bits per heavy atom. The van der Waals surface area contributed by atoms with Gasteiger partial charge in [0.25, 0.3) is 0 Å². The van der Waals surface area contributed by atoms with E-state index in [1.807, 2.05) is 0 Å². The zero-order chi connectivity index (χ0) is 12.4. The smallest absolute Gasteiger partial charge is 0.0107 e. The van der Waals surface area contributed by atoms with Gasteiger partial charge in [-0.15, -0.1) is 0 Å². The molecule has 16 heavy (non-hydrogen) atoms. The summed E-state index contributed by atoms with van der Waals surface area (Å²) < 4.78 is 0. The van der Waals surface area contributed by atoms with Crippen LogP contribution in [0.5, 0.6) is 0 Å². The van der Waals surface area contributed by atoms with Gasteiger partial charge in [0.1, 0.15) is 0 Å². The molecule has 2 heteroatoms. The van der Waals surface area contributed by atoms with Crippen LogP contribution in [0.15, 0.2) is 0 Å². The molecule has 0 radical (unpaired) electrons. The molecule has 0 aromatic carbocycles. The topological polar surface area (TPSA) is 15.3 Å². The van der Waals surface area contributed by atoms with Gasteiger partial charge in [-0.25, -0.2) is 0 Å². The summed E-state index contributed by atoms with van der Waals surface area (Å²) in [6.07, 6.45) is 2.62. The molecule has 98 valence electrons. The van der Waals surface area contributed by atoms with Gasteiger partial charge >= 0.3 is 0 Å². The van der Waals surface area contributed by atoms with Crippen molar-refractivity contribution in [2.24, 2.45) is 11.8 Å². The largest absolute Gasteiger partial charge is 0.315 e. The van der Waals surface area contributed by atoms with Gasteiger partial charge in [0, 0.05) is 19.6 Å². The molecule has 0 spiro atoms. The first kappa shape index (κ1) is 15.9. The number of likely N-dealkylation sites (N-methyl/N-ethyl adjacent to an activating group) is 1. The number of rotatable bonds is 10. The monoisotopic (exact) mass is 228 g/mol.